The summed E-state index contributed by atoms with van der Waals surface area (Å²) in [4.78, 5) is 25.9. The summed E-state index contributed by atoms with van der Waals surface area (Å²) >= 11 is 6.52. The highest BCUT2D eigenvalue weighted by Crippen LogP contribution is 2.43. The maximum atomic E-state index is 13.5. The zero-order valence-electron chi connectivity index (χ0n) is 20.5. The third-order valence-electron chi connectivity index (χ3n) is 6.57. The number of carbonyl (C=O) groups is 1. The summed E-state index contributed by atoms with van der Waals surface area (Å²) in [6, 6.07) is 8.78. The molecule has 39 heavy (non-hydrogen) atoms. The van der Waals surface area contributed by atoms with Gasteiger partial charge in [0.2, 0.25) is 0 Å². The first kappa shape index (κ1) is 27.0. The lowest BCUT2D eigenvalue weighted by atomic mass is 9.99. The third kappa shape index (κ3) is 5.72. The summed E-state index contributed by atoms with van der Waals surface area (Å²) in [5, 5.41) is 21.3. The molecule has 2 amide bonds. The number of pyridine rings is 2. The number of piperidine rings is 1. The van der Waals surface area contributed by atoms with E-state index in [0.717, 1.165) is 31.5 Å². The van der Waals surface area contributed by atoms with Crippen LogP contribution in [0, 0.1) is 0 Å². The highest BCUT2D eigenvalue weighted by molar-refractivity contribution is 6.33. The topological polar surface area (TPSA) is 111 Å². The number of carbonyl (C=O) groups excluding carboxylic acids is 1. The van der Waals surface area contributed by atoms with Crippen molar-refractivity contribution in [3.05, 3.63) is 59.2 Å². The zero-order valence-corrected chi connectivity index (χ0v) is 21.3. The van der Waals surface area contributed by atoms with Crippen LogP contribution in [0.1, 0.15) is 18.4 Å². The number of alkyl halides is 3. The summed E-state index contributed by atoms with van der Waals surface area (Å²) in [5.41, 5.74) is 0.133. The molecular formula is C26H25ClF3N5O4. The number of hydrogen-bond acceptors (Lipinski definition) is 7. The van der Waals surface area contributed by atoms with Gasteiger partial charge in [-0.15, -0.1) is 0 Å². The monoisotopic (exact) mass is 563 g/mol. The largest absolute Gasteiger partial charge is 0.489 e. The van der Waals surface area contributed by atoms with Gasteiger partial charge in [0.25, 0.3) is 0 Å². The molecule has 0 saturated carbocycles. The van der Waals surface area contributed by atoms with Crippen molar-refractivity contribution in [2.24, 2.45) is 0 Å². The molecule has 2 aliphatic heterocycles. The number of benzene rings is 1. The quantitative estimate of drug-likeness (QED) is 0.403. The van der Waals surface area contributed by atoms with E-state index in [4.69, 9.17) is 21.4 Å². The van der Waals surface area contributed by atoms with Gasteiger partial charge in [0.1, 0.15) is 24.3 Å². The highest BCUT2D eigenvalue weighted by Gasteiger charge is 2.39. The van der Waals surface area contributed by atoms with Crippen molar-refractivity contribution in [3.8, 4) is 17.0 Å². The number of aromatic nitrogens is 2. The molecule has 0 radical (unpaired) electrons. The number of amides is 2. The third-order valence-corrected chi connectivity index (χ3v) is 6.86. The Balaban J connectivity index is 1.45. The van der Waals surface area contributed by atoms with Gasteiger partial charge in [0.15, 0.2) is 5.82 Å². The first-order chi connectivity index (χ1) is 18.6. The summed E-state index contributed by atoms with van der Waals surface area (Å²) in [5.74, 6) is 0.883. The smallest absolute Gasteiger partial charge is 0.416 e. The first-order valence-corrected chi connectivity index (χ1v) is 12.6. The summed E-state index contributed by atoms with van der Waals surface area (Å²) in [6.07, 6.45) is -2.63. The number of rotatable bonds is 6. The van der Waals surface area contributed by atoms with E-state index in [2.05, 4.69) is 20.2 Å². The second kappa shape index (κ2) is 10.9. The van der Waals surface area contributed by atoms with Gasteiger partial charge < -0.3 is 19.8 Å². The Morgan fingerprint density at radius 3 is 2.79 bits per heavy atom. The minimum atomic E-state index is -4.53. The maximum Gasteiger partial charge on any atom is 0.416 e. The van der Waals surface area contributed by atoms with Crippen molar-refractivity contribution in [3.63, 3.8) is 0 Å². The average molecular weight is 564 g/mol. The fourth-order valence-electron chi connectivity index (χ4n) is 4.70. The van der Waals surface area contributed by atoms with Crippen LogP contribution in [0.15, 0.2) is 48.7 Å². The van der Waals surface area contributed by atoms with Gasteiger partial charge in [0.05, 0.1) is 40.8 Å². The van der Waals surface area contributed by atoms with Gasteiger partial charge >= 0.3 is 12.2 Å². The Kier molecular flexibility index (Phi) is 7.52. The molecule has 206 valence electrons. The highest BCUT2D eigenvalue weighted by atomic mass is 35.5. The lowest BCUT2D eigenvalue weighted by molar-refractivity contribution is -0.137. The Hall–Kier alpha value is -3.61. The Morgan fingerprint density at radius 2 is 2.08 bits per heavy atom. The van der Waals surface area contributed by atoms with Crippen molar-refractivity contribution in [2.45, 2.75) is 31.2 Å². The van der Waals surface area contributed by atoms with E-state index in [1.54, 1.807) is 12.1 Å². The average Bonchev–Trinajstić information content (AvgIpc) is 2.92. The van der Waals surface area contributed by atoms with Gasteiger partial charge in [-0.3, -0.25) is 10.2 Å². The predicted octanol–water partition coefficient (Wildman–Crippen LogP) is 4.57. The Morgan fingerprint density at radius 1 is 1.26 bits per heavy atom. The van der Waals surface area contributed by atoms with Crippen LogP contribution in [0.2, 0.25) is 5.02 Å². The number of ether oxygens (including phenoxy) is 1. The summed E-state index contributed by atoms with van der Waals surface area (Å²) in [7, 11) is 0. The van der Waals surface area contributed by atoms with Gasteiger partial charge in [-0.05, 0) is 43.2 Å². The van der Waals surface area contributed by atoms with Gasteiger partial charge in [-0.25, -0.2) is 14.8 Å². The van der Waals surface area contributed by atoms with Crippen LogP contribution in [-0.4, -0.2) is 64.7 Å². The number of aliphatic hydroxyl groups is 2. The van der Waals surface area contributed by atoms with E-state index >= 15 is 0 Å². The molecule has 1 aromatic carbocycles. The number of anilines is 3. The molecule has 0 spiro atoms. The van der Waals surface area contributed by atoms with E-state index in [0.29, 0.717) is 23.8 Å². The molecule has 13 heteroatoms. The maximum absolute atomic E-state index is 13.5. The first-order valence-electron chi connectivity index (χ1n) is 12.2. The molecule has 0 unspecified atom stereocenters. The van der Waals surface area contributed by atoms with Crippen molar-refractivity contribution in [1.82, 2.24) is 9.97 Å². The van der Waals surface area contributed by atoms with E-state index in [1.165, 1.54) is 29.3 Å². The minimum absolute atomic E-state index is 0.116. The van der Waals surface area contributed by atoms with Gasteiger partial charge in [0, 0.05) is 18.7 Å². The van der Waals surface area contributed by atoms with Crippen LogP contribution in [0.25, 0.3) is 11.3 Å². The van der Waals surface area contributed by atoms with E-state index in [9.17, 15) is 23.1 Å². The lowest BCUT2D eigenvalue weighted by Crippen LogP contribution is -2.56. The number of urea groups is 1. The van der Waals surface area contributed by atoms with Gasteiger partial charge in [-0.1, -0.05) is 23.7 Å². The summed E-state index contributed by atoms with van der Waals surface area (Å²) in [6.45, 7) is 0.754. The van der Waals surface area contributed by atoms with Crippen molar-refractivity contribution in [2.75, 3.05) is 41.4 Å². The van der Waals surface area contributed by atoms with E-state index < -0.39 is 30.5 Å². The molecule has 4 heterocycles. The zero-order chi connectivity index (χ0) is 27.7. The molecule has 5 rings (SSSR count). The molecule has 1 saturated heterocycles. The normalized spacial score (nSPS) is 17.4. The number of halogens is 4. The second-order valence-corrected chi connectivity index (χ2v) is 9.72. The van der Waals surface area contributed by atoms with Crippen molar-refractivity contribution < 1.29 is 32.9 Å². The van der Waals surface area contributed by atoms with Crippen molar-refractivity contribution >= 4 is 35.0 Å². The van der Waals surface area contributed by atoms with Crippen LogP contribution >= 0.6 is 11.6 Å². The Labute approximate surface area is 226 Å². The minimum Gasteiger partial charge on any atom is -0.489 e. The predicted molar refractivity (Wildman–Crippen MR) is 139 cm³/mol. The second-order valence-electron chi connectivity index (χ2n) is 9.31. The van der Waals surface area contributed by atoms with Crippen LogP contribution in [-0.2, 0) is 6.18 Å². The van der Waals surface area contributed by atoms with Crippen LogP contribution < -0.4 is 19.9 Å². The molecule has 2 bridgehead atoms. The van der Waals surface area contributed by atoms with Crippen LogP contribution in [0.3, 0.4) is 0 Å². The molecule has 3 N–H and O–H groups in total. The molecule has 2 atom stereocenters. The fourth-order valence-corrected chi connectivity index (χ4v) is 4.95. The number of fused-ring (bicyclic) bond motifs is 4. The standard InChI is InChI=1S/C26H25ClF3N5O4/c27-20-10-21-24(33-23(20)15-3-1-4-16(9-15)26(28,29)30)35(17-5-2-8-34(21)12-17)25(38)32-22-7-6-19(11-31-22)39-14-18(37)13-36/h1,3-4,6-7,9-11,17-18,36-37H,2,5,8,12-14H2,(H,31,32,38)/t17-,18-/m0/s1. The molecule has 0 aliphatic carbocycles. The molecule has 2 aromatic heterocycles. The number of nitrogens with zero attached hydrogens (tertiary/aromatic N) is 4. The fraction of sp³-hybridized carbons (Fsp3) is 0.346. The van der Waals surface area contributed by atoms with Crippen molar-refractivity contribution in [1.29, 1.82) is 0 Å². The van der Waals surface area contributed by atoms with Crippen LogP contribution in [0.4, 0.5) is 35.3 Å². The molecule has 9 nitrogen and oxygen atoms in total. The molecule has 3 aromatic rings. The summed E-state index contributed by atoms with van der Waals surface area (Å²) < 4.78 is 45.4. The number of nitrogens with one attached hydrogen (secondary N) is 1. The number of hydrogen-bond donors (Lipinski definition) is 3. The van der Waals surface area contributed by atoms with Gasteiger partial charge in [-0.2, -0.15) is 13.2 Å². The van der Waals surface area contributed by atoms with E-state index in [1.807, 2.05) is 0 Å². The Bertz CT molecular complexity index is 1360. The van der Waals surface area contributed by atoms with Crippen LogP contribution in [0.5, 0.6) is 5.75 Å². The molecule has 2 aliphatic rings. The molecular weight excluding hydrogens is 539 g/mol. The number of aliphatic hydroxyl groups excluding tert-OH is 2. The molecule has 1 fully saturated rings. The van der Waals surface area contributed by atoms with E-state index in [-0.39, 0.29) is 34.7 Å². The SMILES string of the molecule is O=C(Nc1ccc(OC[C@@H](O)CO)cn1)N1c2nc(-c3cccc(C(F)(F)F)c3)c(Cl)cc2N2CCC[C@H]1C2. The lowest BCUT2D eigenvalue weighted by Gasteiger charge is -2.46.